The molecule has 0 fully saturated rings. The van der Waals surface area contributed by atoms with Crippen LogP contribution in [0.5, 0.6) is 0 Å². The van der Waals surface area contributed by atoms with Crippen LogP contribution in [0, 0.1) is 29.9 Å². The quantitative estimate of drug-likeness (QED) is 0.567. The molecule has 0 spiro atoms. The van der Waals surface area contributed by atoms with Crippen molar-refractivity contribution in [2.24, 2.45) is 0 Å². The lowest BCUT2D eigenvalue weighted by atomic mass is 9.93. The number of carbonyl (C=O) groups excluding carboxylic acids is 1. The lowest BCUT2D eigenvalue weighted by Gasteiger charge is -2.12. The number of nitrogens with one attached hydrogen (secondary N) is 1. The van der Waals surface area contributed by atoms with Crippen LogP contribution in [0.3, 0.4) is 0 Å². The summed E-state index contributed by atoms with van der Waals surface area (Å²) in [5.74, 6) is -1.55. The zero-order valence-electron chi connectivity index (χ0n) is 15.7. The minimum atomic E-state index is -0.685. The predicted molar refractivity (Wildman–Crippen MR) is 103 cm³/mol. The van der Waals surface area contributed by atoms with Gasteiger partial charge in [-0.3, -0.25) is 4.79 Å². The number of nitriles is 1. The number of nitrogens with zero attached hydrogens (tertiary/aromatic N) is 1. The van der Waals surface area contributed by atoms with Crippen LogP contribution in [-0.2, 0) is 4.79 Å². The number of hydrogen-bond donors (Lipinski definition) is 1. The molecule has 5 heteroatoms. The molecule has 27 heavy (non-hydrogen) atoms. The van der Waals surface area contributed by atoms with Gasteiger partial charge >= 0.3 is 0 Å². The summed E-state index contributed by atoms with van der Waals surface area (Å²) in [5, 5.41) is 12.2. The number of carbonyl (C=O) groups is 1. The highest BCUT2D eigenvalue weighted by Gasteiger charge is 2.12. The minimum Gasteiger partial charge on any atom is -0.352 e. The number of benzene rings is 2. The maximum absolute atomic E-state index is 13.6. The van der Waals surface area contributed by atoms with Crippen LogP contribution in [0.4, 0.5) is 8.78 Å². The van der Waals surface area contributed by atoms with Crippen molar-refractivity contribution in [1.82, 2.24) is 5.32 Å². The monoisotopic (exact) mass is 368 g/mol. The zero-order chi connectivity index (χ0) is 20.0. The maximum Gasteiger partial charge on any atom is 0.246 e. The van der Waals surface area contributed by atoms with Crippen LogP contribution in [0.2, 0.25) is 0 Å². The average Bonchev–Trinajstić information content (AvgIpc) is 2.62. The zero-order valence-corrected chi connectivity index (χ0v) is 15.7. The Kier molecular flexibility index (Phi) is 6.84. The minimum absolute atomic E-state index is 0.177. The Hall–Kier alpha value is -3.00. The van der Waals surface area contributed by atoms with Gasteiger partial charge in [0.1, 0.15) is 11.6 Å². The van der Waals surface area contributed by atoms with E-state index in [-0.39, 0.29) is 5.91 Å². The van der Waals surface area contributed by atoms with Crippen molar-refractivity contribution in [3.05, 3.63) is 64.2 Å². The van der Waals surface area contributed by atoms with E-state index in [4.69, 9.17) is 0 Å². The molecule has 140 valence electrons. The Balaban J connectivity index is 2.47. The summed E-state index contributed by atoms with van der Waals surface area (Å²) in [6.45, 7) is 6.14. The summed E-state index contributed by atoms with van der Waals surface area (Å²) >= 11 is 0. The number of unbranched alkanes of at least 4 members (excludes halogenated alkanes) is 1. The van der Waals surface area contributed by atoms with Gasteiger partial charge in [0.2, 0.25) is 5.91 Å². The molecule has 0 aliphatic carbocycles. The smallest absolute Gasteiger partial charge is 0.246 e. The van der Waals surface area contributed by atoms with Gasteiger partial charge in [0.25, 0.3) is 0 Å². The van der Waals surface area contributed by atoms with Crippen LogP contribution in [0.1, 0.15) is 43.4 Å². The second-order valence-corrected chi connectivity index (χ2v) is 6.44. The van der Waals surface area contributed by atoms with Gasteiger partial charge < -0.3 is 5.32 Å². The molecular formula is C22H22F2N2O. The van der Waals surface area contributed by atoms with Gasteiger partial charge in [0.05, 0.1) is 11.6 Å². The summed E-state index contributed by atoms with van der Waals surface area (Å²) in [4.78, 5) is 12.2. The molecule has 0 aliphatic heterocycles. The van der Waals surface area contributed by atoms with Crippen molar-refractivity contribution in [2.45, 2.75) is 33.6 Å². The maximum atomic E-state index is 13.6. The molecule has 2 aromatic rings. The number of hydrogen-bond acceptors (Lipinski definition) is 2. The van der Waals surface area contributed by atoms with Crippen LogP contribution in [-0.4, -0.2) is 12.5 Å². The van der Waals surface area contributed by atoms with Crippen LogP contribution < -0.4 is 5.32 Å². The lowest BCUT2D eigenvalue weighted by molar-refractivity contribution is -0.117. The molecular weight excluding hydrogens is 346 g/mol. The third kappa shape index (κ3) is 5.24. The lowest BCUT2D eigenvalue weighted by Crippen LogP contribution is -2.24. The molecule has 0 heterocycles. The predicted octanol–water partition coefficient (Wildman–Crippen LogP) is 5.13. The number of halogens is 2. The van der Waals surface area contributed by atoms with Crippen LogP contribution >= 0.6 is 0 Å². The highest BCUT2D eigenvalue weighted by molar-refractivity contribution is 5.97. The van der Waals surface area contributed by atoms with Crippen molar-refractivity contribution in [3.8, 4) is 17.2 Å². The van der Waals surface area contributed by atoms with E-state index < -0.39 is 11.6 Å². The van der Waals surface area contributed by atoms with Gasteiger partial charge in [-0.05, 0) is 72.9 Å². The summed E-state index contributed by atoms with van der Waals surface area (Å²) < 4.78 is 27.2. The average molecular weight is 368 g/mol. The third-order valence-electron chi connectivity index (χ3n) is 4.30. The molecule has 2 rings (SSSR count). The molecule has 0 radical (unpaired) electrons. The topological polar surface area (TPSA) is 52.9 Å². The summed E-state index contributed by atoms with van der Waals surface area (Å²) in [5.41, 5.74) is 3.16. The summed E-state index contributed by atoms with van der Waals surface area (Å²) in [7, 11) is 0. The fraction of sp³-hybridized carbons (Fsp3) is 0.273. The van der Waals surface area contributed by atoms with Gasteiger partial charge in [-0.15, -0.1) is 0 Å². The molecule has 1 amide bonds. The summed E-state index contributed by atoms with van der Waals surface area (Å²) in [6, 6.07) is 8.58. The van der Waals surface area contributed by atoms with Crippen molar-refractivity contribution in [2.75, 3.05) is 6.54 Å². The van der Waals surface area contributed by atoms with Crippen molar-refractivity contribution in [1.29, 1.82) is 5.26 Å². The standard InChI is InChI=1S/C22H22F2N2O/c1-4-5-6-26-22(27)14(2)7-17-8-16(13-25)9-21(15(17)3)18-10-19(23)12-20(24)11-18/h7-12H,4-6H2,1-3H3,(H,26,27)/b14-7+. The van der Waals surface area contributed by atoms with Crippen LogP contribution in [0.15, 0.2) is 35.9 Å². The Morgan fingerprint density at radius 1 is 1.19 bits per heavy atom. The third-order valence-corrected chi connectivity index (χ3v) is 4.30. The number of amides is 1. The SMILES string of the molecule is CCCCNC(=O)/C(C)=C/c1cc(C#N)cc(-c2cc(F)cc(F)c2)c1C. The normalized spacial score (nSPS) is 11.2. The molecule has 1 N–H and O–H groups in total. The molecule has 0 atom stereocenters. The second kappa shape index (κ2) is 9.09. The highest BCUT2D eigenvalue weighted by Crippen LogP contribution is 2.30. The first-order valence-corrected chi connectivity index (χ1v) is 8.83. The fourth-order valence-electron chi connectivity index (χ4n) is 2.78. The van der Waals surface area contributed by atoms with Gasteiger partial charge in [0, 0.05) is 18.2 Å². The van der Waals surface area contributed by atoms with E-state index in [0.29, 0.717) is 34.4 Å². The first kappa shape index (κ1) is 20.3. The molecule has 0 unspecified atom stereocenters. The van der Waals surface area contributed by atoms with Crippen molar-refractivity contribution >= 4 is 12.0 Å². The first-order chi connectivity index (χ1) is 12.8. The number of rotatable bonds is 6. The Morgan fingerprint density at radius 2 is 1.85 bits per heavy atom. The van der Waals surface area contributed by atoms with E-state index in [0.717, 1.165) is 24.5 Å². The van der Waals surface area contributed by atoms with Crippen LogP contribution in [0.25, 0.3) is 17.2 Å². The molecule has 0 aromatic heterocycles. The van der Waals surface area contributed by atoms with E-state index in [2.05, 4.69) is 11.4 Å². The fourth-order valence-corrected chi connectivity index (χ4v) is 2.78. The Labute approximate surface area is 158 Å². The van der Waals surface area contributed by atoms with Gasteiger partial charge in [-0.25, -0.2) is 8.78 Å². The first-order valence-electron chi connectivity index (χ1n) is 8.83. The van der Waals surface area contributed by atoms with E-state index in [1.807, 2.05) is 6.92 Å². The second-order valence-electron chi connectivity index (χ2n) is 6.44. The Bertz CT molecular complexity index is 906. The molecule has 0 saturated heterocycles. The van der Waals surface area contributed by atoms with E-state index >= 15 is 0 Å². The molecule has 0 saturated carbocycles. The molecule has 3 nitrogen and oxygen atoms in total. The van der Waals surface area contributed by atoms with E-state index in [9.17, 15) is 18.8 Å². The molecule has 0 aliphatic rings. The highest BCUT2D eigenvalue weighted by atomic mass is 19.1. The van der Waals surface area contributed by atoms with Crippen molar-refractivity contribution in [3.63, 3.8) is 0 Å². The van der Waals surface area contributed by atoms with E-state index in [1.54, 1.807) is 32.1 Å². The van der Waals surface area contributed by atoms with Gasteiger partial charge in [-0.1, -0.05) is 13.3 Å². The molecule has 0 bridgehead atoms. The molecule has 2 aromatic carbocycles. The van der Waals surface area contributed by atoms with E-state index in [1.165, 1.54) is 12.1 Å². The summed E-state index contributed by atoms with van der Waals surface area (Å²) in [6.07, 6.45) is 3.58. The van der Waals surface area contributed by atoms with Crippen molar-refractivity contribution < 1.29 is 13.6 Å². The Morgan fingerprint density at radius 3 is 2.44 bits per heavy atom. The largest absolute Gasteiger partial charge is 0.352 e. The van der Waals surface area contributed by atoms with Gasteiger partial charge in [0.15, 0.2) is 0 Å². The van der Waals surface area contributed by atoms with Gasteiger partial charge in [-0.2, -0.15) is 5.26 Å².